The van der Waals surface area contributed by atoms with Crippen molar-refractivity contribution in [1.29, 1.82) is 5.26 Å². The Hall–Kier alpha value is -1.11. The van der Waals surface area contributed by atoms with Crippen molar-refractivity contribution in [2.45, 2.75) is 6.10 Å². The molecule has 0 aliphatic rings. The van der Waals surface area contributed by atoms with Crippen molar-refractivity contribution >= 4 is 15.9 Å². The first-order chi connectivity index (χ1) is 6.15. The molecule has 0 fully saturated rings. The maximum absolute atomic E-state index is 9.57. The van der Waals surface area contributed by atoms with E-state index in [0.717, 1.165) is 4.47 Å². The topological polar surface area (TPSA) is 44.0 Å². The van der Waals surface area contributed by atoms with Gasteiger partial charge in [0, 0.05) is 4.47 Å². The van der Waals surface area contributed by atoms with Crippen molar-refractivity contribution in [1.82, 2.24) is 0 Å². The zero-order valence-electron chi connectivity index (χ0n) is 6.87. The number of aliphatic hydroxyl groups excluding tert-OH is 1. The molecular weight excluding hydrogens is 230 g/mol. The highest BCUT2D eigenvalue weighted by molar-refractivity contribution is 9.10. The van der Waals surface area contributed by atoms with Crippen LogP contribution in [0.5, 0.6) is 0 Å². The third-order valence-electron chi connectivity index (χ3n) is 1.64. The van der Waals surface area contributed by atoms with Gasteiger partial charge in [-0.05, 0) is 17.7 Å². The third kappa shape index (κ3) is 2.41. The largest absolute Gasteiger partial charge is 0.383 e. The van der Waals surface area contributed by atoms with E-state index in [1.807, 2.05) is 12.1 Å². The van der Waals surface area contributed by atoms with Crippen molar-refractivity contribution in [3.8, 4) is 6.07 Å². The lowest BCUT2D eigenvalue weighted by molar-refractivity contribution is 0.221. The molecule has 66 valence electrons. The zero-order valence-corrected chi connectivity index (χ0v) is 8.45. The molecule has 0 spiro atoms. The van der Waals surface area contributed by atoms with Gasteiger partial charge in [-0.25, -0.2) is 0 Å². The Bertz CT molecular complexity index is 367. The SMILES string of the molecule is C=C(C#N)C(O)c1cccc(Br)c1. The summed E-state index contributed by atoms with van der Waals surface area (Å²) in [6, 6.07) is 8.98. The van der Waals surface area contributed by atoms with Gasteiger partial charge < -0.3 is 5.11 Å². The fourth-order valence-corrected chi connectivity index (χ4v) is 1.36. The van der Waals surface area contributed by atoms with Gasteiger partial charge in [-0.15, -0.1) is 0 Å². The highest BCUT2D eigenvalue weighted by Crippen LogP contribution is 2.22. The van der Waals surface area contributed by atoms with Crippen molar-refractivity contribution in [3.05, 3.63) is 46.5 Å². The van der Waals surface area contributed by atoms with Gasteiger partial charge in [0.1, 0.15) is 6.10 Å². The van der Waals surface area contributed by atoms with Crippen LogP contribution in [0.4, 0.5) is 0 Å². The number of nitrogens with zero attached hydrogens (tertiary/aromatic N) is 1. The van der Waals surface area contributed by atoms with Gasteiger partial charge in [0.15, 0.2) is 0 Å². The maximum Gasteiger partial charge on any atom is 0.113 e. The van der Waals surface area contributed by atoms with E-state index in [4.69, 9.17) is 5.26 Å². The van der Waals surface area contributed by atoms with Crippen molar-refractivity contribution in [2.24, 2.45) is 0 Å². The second-order valence-corrected chi connectivity index (χ2v) is 3.51. The summed E-state index contributed by atoms with van der Waals surface area (Å²) in [6.45, 7) is 3.45. The molecular formula is C10H8BrNO. The molecule has 0 radical (unpaired) electrons. The van der Waals surface area contributed by atoms with E-state index in [-0.39, 0.29) is 5.57 Å². The number of hydrogen-bond donors (Lipinski definition) is 1. The molecule has 2 nitrogen and oxygen atoms in total. The fourth-order valence-electron chi connectivity index (χ4n) is 0.939. The standard InChI is InChI=1S/C10H8BrNO/c1-7(6-12)10(13)8-3-2-4-9(11)5-8/h2-5,10,13H,1H2. The molecule has 0 amide bonds. The molecule has 1 aromatic rings. The van der Waals surface area contributed by atoms with E-state index in [9.17, 15) is 5.11 Å². The molecule has 0 heterocycles. The number of nitriles is 1. The quantitative estimate of drug-likeness (QED) is 0.804. The Labute approximate surface area is 85.3 Å². The molecule has 0 aliphatic carbocycles. The zero-order chi connectivity index (χ0) is 9.84. The molecule has 0 aliphatic heterocycles. The summed E-state index contributed by atoms with van der Waals surface area (Å²) in [5.41, 5.74) is 0.819. The molecule has 13 heavy (non-hydrogen) atoms. The van der Waals surface area contributed by atoms with Gasteiger partial charge in [-0.1, -0.05) is 34.6 Å². The van der Waals surface area contributed by atoms with E-state index in [1.54, 1.807) is 18.2 Å². The average molecular weight is 238 g/mol. The van der Waals surface area contributed by atoms with Crippen LogP contribution in [0.15, 0.2) is 40.9 Å². The smallest absolute Gasteiger partial charge is 0.113 e. The number of hydrogen-bond acceptors (Lipinski definition) is 2. The van der Waals surface area contributed by atoms with Gasteiger partial charge in [0.25, 0.3) is 0 Å². The summed E-state index contributed by atoms with van der Waals surface area (Å²) < 4.78 is 0.870. The molecule has 1 N–H and O–H groups in total. The van der Waals surface area contributed by atoms with Gasteiger partial charge in [0.05, 0.1) is 11.6 Å². The van der Waals surface area contributed by atoms with Crippen LogP contribution in [0.3, 0.4) is 0 Å². The summed E-state index contributed by atoms with van der Waals surface area (Å²) in [4.78, 5) is 0. The molecule has 0 bridgehead atoms. The monoisotopic (exact) mass is 237 g/mol. The first-order valence-corrected chi connectivity index (χ1v) is 4.47. The van der Waals surface area contributed by atoms with Crippen molar-refractivity contribution in [2.75, 3.05) is 0 Å². The number of aliphatic hydroxyl groups is 1. The Kier molecular flexibility index (Phi) is 3.24. The number of rotatable bonds is 2. The van der Waals surface area contributed by atoms with E-state index < -0.39 is 6.10 Å². The molecule has 3 heteroatoms. The molecule has 1 unspecified atom stereocenters. The van der Waals surface area contributed by atoms with Crippen LogP contribution in [-0.2, 0) is 0 Å². The summed E-state index contributed by atoms with van der Waals surface area (Å²) in [5, 5.41) is 18.1. The molecule has 1 aromatic carbocycles. The summed E-state index contributed by atoms with van der Waals surface area (Å²) in [7, 11) is 0. The van der Waals surface area contributed by atoms with Crippen LogP contribution in [0.25, 0.3) is 0 Å². The van der Waals surface area contributed by atoms with Crippen LogP contribution in [0, 0.1) is 11.3 Å². The lowest BCUT2D eigenvalue weighted by Crippen LogP contribution is -1.98. The Morgan fingerprint density at radius 2 is 2.31 bits per heavy atom. The lowest BCUT2D eigenvalue weighted by atomic mass is 10.0. The summed E-state index contributed by atoms with van der Waals surface area (Å²) >= 11 is 3.28. The minimum absolute atomic E-state index is 0.151. The molecule has 0 saturated carbocycles. The highest BCUT2D eigenvalue weighted by Gasteiger charge is 2.10. The maximum atomic E-state index is 9.57. The van der Waals surface area contributed by atoms with E-state index >= 15 is 0 Å². The van der Waals surface area contributed by atoms with Crippen LogP contribution in [0.2, 0.25) is 0 Å². The molecule has 1 rings (SSSR count). The Balaban J connectivity index is 2.96. The van der Waals surface area contributed by atoms with E-state index in [2.05, 4.69) is 22.5 Å². The average Bonchev–Trinajstić information content (AvgIpc) is 2.15. The molecule has 0 aromatic heterocycles. The first kappa shape index (κ1) is 9.97. The molecule has 0 saturated heterocycles. The van der Waals surface area contributed by atoms with Gasteiger partial charge in [-0.2, -0.15) is 5.26 Å². The third-order valence-corrected chi connectivity index (χ3v) is 2.13. The van der Waals surface area contributed by atoms with E-state index in [1.165, 1.54) is 0 Å². The number of benzene rings is 1. The van der Waals surface area contributed by atoms with Crippen molar-refractivity contribution < 1.29 is 5.11 Å². The van der Waals surface area contributed by atoms with Crippen LogP contribution in [-0.4, -0.2) is 5.11 Å². The normalized spacial score (nSPS) is 11.8. The highest BCUT2D eigenvalue weighted by atomic mass is 79.9. The number of halogens is 1. The van der Waals surface area contributed by atoms with Gasteiger partial charge >= 0.3 is 0 Å². The van der Waals surface area contributed by atoms with E-state index in [0.29, 0.717) is 5.56 Å². The predicted molar refractivity (Wildman–Crippen MR) is 53.9 cm³/mol. The van der Waals surface area contributed by atoms with Gasteiger partial charge in [0.2, 0.25) is 0 Å². The minimum Gasteiger partial charge on any atom is -0.383 e. The van der Waals surface area contributed by atoms with Crippen LogP contribution in [0.1, 0.15) is 11.7 Å². The summed E-state index contributed by atoms with van der Waals surface area (Å²) in [5.74, 6) is 0. The minimum atomic E-state index is -0.900. The van der Waals surface area contributed by atoms with Crippen LogP contribution < -0.4 is 0 Å². The molecule has 1 atom stereocenters. The second-order valence-electron chi connectivity index (χ2n) is 2.59. The Morgan fingerprint density at radius 1 is 1.62 bits per heavy atom. The Morgan fingerprint density at radius 3 is 2.85 bits per heavy atom. The fraction of sp³-hybridized carbons (Fsp3) is 0.100. The lowest BCUT2D eigenvalue weighted by Gasteiger charge is -2.08. The second kappa shape index (κ2) is 4.22. The van der Waals surface area contributed by atoms with Gasteiger partial charge in [-0.3, -0.25) is 0 Å². The van der Waals surface area contributed by atoms with Crippen molar-refractivity contribution in [3.63, 3.8) is 0 Å². The summed E-state index contributed by atoms with van der Waals surface area (Å²) in [6.07, 6.45) is -0.900. The predicted octanol–water partition coefficient (Wildman–Crippen LogP) is 2.56. The van der Waals surface area contributed by atoms with Crippen LogP contribution >= 0.6 is 15.9 Å². The first-order valence-electron chi connectivity index (χ1n) is 3.67.